The van der Waals surface area contributed by atoms with Gasteiger partial charge in [-0.05, 0) is 56.2 Å². The van der Waals surface area contributed by atoms with Crippen LogP contribution in [0.1, 0.15) is 32.8 Å². The van der Waals surface area contributed by atoms with Gasteiger partial charge in [0.05, 0.1) is 22.4 Å². The molecule has 7 nitrogen and oxygen atoms in total. The van der Waals surface area contributed by atoms with Gasteiger partial charge in [0.2, 0.25) is 11.8 Å². The van der Waals surface area contributed by atoms with Gasteiger partial charge in [0.25, 0.3) is 0 Å². The third-order valence-electron chi connectivity index (χ3n) is 5.12. The molecule has 3 rings (SSSR count). The minimum Gasteiger partial charge on any atom is -0.492 e. The Morgan fingerprint density at radius 2 is 1.93 bits per heavy atom. The number of nitrogens with zero attached hydrogens (tertiary/aromatic N) is 1. The molecular formula is C22H26N2O5S. The number of anilines is 2. The Kier molecular flexibility index (Phi) is 6.45. The van der Waals surface area contributed by atoms with E-state index in [9.17, 15) is 18.0 Å². The van der Waals surface area contributed by atoms with Crippen molar-refractivity contribution >= 4 is 33.0 Å². The van der Waals surface area contributed by atoms with E-state index >= 15 is 0 Å². The summed E-state index contributed by atoms with van der Waals surface area (Å²) >= 11 is 0. The Balaban J connectivity index is 1.73. The van der Waals surface area contributed by atoms with E-state index in [4.69, 9.17) is 4.74 Å². The van der Waals surface area contributed by atoms with Crippen LogP contribution in [0.2, 0.25) is 0 Å². The largest absolute Gasteiger partial charge is 0.492 e. The number of nitrogens with one attached hydrogen (secondary N) is 1. The monoisotopic (exact) mass is 430 g/mol. The first kappa shape index (κ1) is 21.8. The van der Waals surface area contributed by atoms with Crippen LogP contribution in [0.3, 0.4) is 0 Å². The fraction of sp³-hybridized carbons (Fsp3) is 0.364. The van der Waals surface area contributed by atoms with Crippen molar-refractivity contribution < 1.29 is 22.7 Å². The molecule has 2 aromatic carbocycles. The summed E-state index contributed by atoms with van der Waals surface area (Å²) in [6, 6.07) is 11.8. The molecule has 0 saturated heterocycles. The molecule has 0 radical (unpaired) electrons. The minimum atomic E-state index is -3.70. The average molecular weight is 431 g/mol. The molecule has 30 heavy (non-hydrogen) atoms. The molecule has 2 amide bonds. The van der Waals surface area contributed by atoms with Crippen molar-refractivity contribution in [1.82, 2.24) is 0 Å². The Labute approximate surface area is 177 Å². The average Bonchev–Trinajstić information content (AvgIpc) is 3.13. The highest BCUT2D eigenvalue weighted by atomic mass is 32.2. The highest BCUT2D eigenvalue weighted by Gasteiger charge is 2.29. The third kappa shape index (κ3) is 4.48. The number of hydrogen-bond acceptors (Lipinski definition) is 5. The molecule has 0 aliphatic carbocycles. The van der Waals surface area contributed by atoms with Crippen LogP contribution >= 0.6 is 0 Å². The number of fused-ring (bicyclic) bond motifs is 1. The van der Waals surface area contributed by atoms with Crippen molar-refractivity contribution in [2.45, 2.75) is 43.8 Å². The molecule has 0 fully saturated rings. The van der Waals surface area contributed by atoms with Crippen molar-refractivity contribution in [3.63, 3.8) is 0 Å². The summed E-state index contributed by atoms with van der Waals surface area (Å²) in [5.74, 6) is 0.0707. The molecule has 8 heteroatoms. The first-order valence-electron chi connectivity index (χ1n) is 9.90. The summed E-state index contributed by atoms with van der Waals surface area (Å²) in [6.45, 7) is 5.87. The van der Waals surface area contributed by atoms with Crippen molar-refractivity contribution in [2.24, 2.45) is 0 Å². The smallest absolute Gasteiger partial charge is 0.225 e. The van der Waals surface area contributed by atoms with E-state index in [2.05, 4.69) is 5.32 Å². The van der Waals surface area contributed by atoms with Gasteiger partial charge in [-0.1, -0.05) is 12.1 Å². The first-order chi connectivity index (χ1) is 14.2. The van der Waals surface area contributed by atoms with Crippen LogP contribution < -0.4 is 15.0 Å². The minimum absolute atomic E-state index is 0.0678. The predicted molar refractivity (Wildman–Crippen MR) is 116 cm³/mol. The van der Waals surface area contributed by atoms with E-state index in [0.29, 0.717) is 31.0 Å². The number of ether oxygens (including phenoxy) is 1. The molecular weight excluding hydrogens is 404 g/mol. The summed E-state index contributed by atoms with van der Waals surface area (Å²) in [5, 5.41) is 1.83. The summed E-state index contributed by atoms with van der Waals surface area (Å²) in [4.78, 5) is 26.0. The van der Waals surface area contributed by atoms with Crippen molar-refractivity contribution in [1.29, 1.82) is 0 Å². The van der Waals surface area contributed by atoms with Crippen molar-refractivity contribution in [3.05, 3.63) is 48.0 Å². The maximum absolute atomic E-state index is 13.0. The van der Waals surface area contributed by atoms with Gasteiger partial charge in [0.15, 0.2) is 9.84 Å². The summed E-state index contributed by atoms with van der Waals surface area (Å²) < 4.78 is 31.5. The van der Waals surface area contributed by atoms with Crippen LogP contribution in [0.15, 0.2) is 47.4 Å². The molecule has 0 spiro atoms. The van der Waals surface area contributed by atoms with E-state index in [1.54, 1.807) is 41.3 Å². The maximum atomic E-state index is 13.0. The lowest BCUT2D eigenvalue weighted by Gasteiger charge is -2.17. The number of amides is 2. The zero-order valence-corrected chi connectivity index (χ0v) is 18.2. The Morgan fingerprint density at radius 3 is 2.63 bits per heavy atom. The standard InChI is InChI=1S/C22H26N2O5S/c1-4-29-21-8-6-5-7-19(21)23-22(26)13-15(2)30(27,28)18-9-10-20-17(14-18)11-12-24(20)16(3)25/h5-10,14-15H,4,11-13H2,1-3H3,(H,23,26)/t15-/m0/s1. The number of carbonyl (C=O) groups is 2. The molecule has 0 saturated carbocycles. The number of carbonyl (C=O) groups excluding carboxylic acids is 2. The summed E-state index contributed by atoms with van der Waals surface area (Å²) in [6.07, 6.45) is 0.431. The molecule has 160 valence electrons. The molecule has 0 bridgehead atoms. The van der Waals surface area contributed by atoms with E-state index in [1.165, 1.54) is 19.9 Å². The van der Waals surface area contributed by atoms with Crippen LogP contribution in [0.25, 0.3) is 0 Å². The SMILES string of the molecule is CCOc1ccccc1NC(=O)C[C@H](C)S(=O)(=O)c1ccc2c(c1)CCN2C(C)=O. The van der Waals surface area contributed by atoms with Crippen molar-refractivity contribution in [2.75, 3.05) is 23.4 Å². The summed E-state index contributed by atoms with van der Waals surface area (Å²) in [5.41, 5.74) is 2.09. The third-order valence-corrected chi connectivity index (χ3v) is 7.26. The van der Waals surface area contributed by atoms with Gasteiger partial charge in [-0.25, -0.2) is 8.42 Å². The zero-order chi connectivity index (χ0) is 21.9. The summed E-state index contributed by atoms with van der Waals surface area (Å²) in [7, 11) is -3.70. The number of hydrogen-bond donors (Lipinski definition) is 1. The quantitative estimate of drug-likeness (QED) is 0.728. The second-order valence-corrected chi connectivity index (χ2v) is 9.61. The first-order valence-corrected chi connectivity index (χ1v) is 11.4. The molecule has 0 unspecified atom stereocenters. The fourth-order valence-corrected chi connectivity index (χ4v) is 4.94. The highest BCUT2D eigenvalue weighted by molar-refractivity contribution is 7.92. The molecule has 0 aromatic heterocycles. The number of para-hydroxylation sites is 2. The maximum Gasteiger partial charge on any atom is 0.225 e. The van der Waals surface area contributed by atoms with Gasteiger partial charge in [-0.15, -0.1) is 0 Å². The lowest BCUT2D eigenvalue weighted by atomic mass is 10.2. The second-order valence-electron chi connectivity index (χ2n) is 7.25. The molecule has 2 aromatic rings. The van der Waals surface area contributed by atoms with Crippen molar-refractivity contribution in [3.8, 4) is 5.75 Å². The normalized spacial score (nSPS) is 14.2. The van der Waals surface area contributed by atoms with E-state index in [1.807, 2.05) is 6.92 Å². The van der Waals surface area contributed by atoms with Crippen LogP contribution in [0, 0.1) is 0 Å². The van der Waals surface area contributed by atoms with Crippen LogP contribution in [-0.2, 0) is 25.8 Å². The molecule has 1 atom stereocenters. The van der Waals surface area contributed by atoms with Gasteiger partial charge in [-0.2, -0.15) is 0 Å². The van der Waals surface area contributed by atoms with Gasteiger partial charge < -0.3 is 15.0 Å². The predicted octanol–water partition coefficient (Wildman–Crippen LogP) is 3.19. The Bertz CT molecular complexity index is 1060. The van der Waals surface area contributed by atoms with Gasteiger partial charge in [0, 0.05) is 25.6 Å². The number of benzene rings is 2. The topological polar surface area (TPSA) is 92.8 Å². The van der Waals surface area contributed by atoms with Gasteiger partial charge in [0.1, 0.15) is 5.75 Å². The van der Waals surface area contributed by atoms with Gasteiger partial charge in [-0.3, -0.25) is 9.59 Å². The second kappa shape index (κ2) is 8.87. The van der Waals surface area contributed by atoms with E-state index < -0.39 is 21.0 Å². The zero-order valence-electron chi connectivity index (χ0n) is 17.3. The molecule has 1 N–H and O–H groups in total. The molecule has 1 aliphatic rings. The Morgan fingerprint density at radius 1 is 1.20 bits per heavy atom. The fourth-order valence-electron chi connectivity index (χ4n) is 3.54. The molecule has 1 heterocycles. The van der Waals surface area contributed by atoms with Crippen LogP contribution in [0.4, 0.5) is 11.4 Å². The highest BCUT2D eigenvalue weighted by Crippen LogP contribution is 2.32. The lowest BCUT2D eigenvalue weighted by Crippen LogP contribution is -2.26. The number of sulfone groups is 1. The van der Waals surface area contributed by atoms with Crippen LogP contribution in [0.5, 0.6) is 5.75 Å². The van der Waals surface area contributed by atoms with E-state index in [0.717, 1.165) is 11.3 Å². The van der Waals surface area contributed by atoms with E-state index in [-0.39, 0.29) is 17.2 Å². The van der Waals surface area contributed by atoms with Gasteiger partial charge >= 0.3 is 0 Å². The number of rotatable bonds is 7. The Hall–Kier alpha value is -2.87. The lowest BCUT2D eigenvalue weighted by molar-refractivity contribution is -0.117. The molecule has 1 aliphatic heterocycles. The van der Waals surface area contributed by atoms with Crippen LogP contribution in [-0.4, -0.2) is 38.6 Å².